The molecule has 1 aromatic rings. The van der Waals surface area contributed by atoms with Gasteiger partial charge in [-0.3, -0.25) is 0 Å². The molecule has 1 saturated heterocycles. The normalized spacial score (nSPS) is 17.3. The van der Waals surface area contributed by atoms with Gasteiger partial charge in [0.25, 0.3) is 0 Å². The summed E-state index contributed by atoms with van der Waals surface area (Å²) in [6, 6.07) is 5.33. The first-order valence-corrected chi connectivity index (χ1v) is 5.75. The van der Waals surface area contributed by atoms with E-state index in [1.165, 1.54) is 0 Å². The summed E-state index contributed by atoms with van der Waals surface area (Å²) >= 11 is 0. The quantitative estimate of drug-likeness (QED) is 0.854. The lowest BCUT2D eigenvalue weighted by atomic mass is 10.0. The minimum Gasteiger partial charge on any atom is -0.508 e. The molecular weight excluding hydrogens is 204 g/mol. The summed E-state index contributed by atoms with van der Waals surface area (Å²) in [5.74, 6) is 1.60. The highest BCUT2D eigenvalue weighted by Crippen LogP contribution is 2.23. The van der Waals surface area contributed by atoms with E-state index in [4.69, 9.17) is 9.47 Å². The van der Waals surface area contributed by atoms with Gasteiger partial charge in [0.2, 0.25) is 0 Å². The molecule has 0 aliphatic carbocycles. The van der Waals surface area contributed by atoms with Crippen LogP contribution in [-0.4, -0.2) is 24.9 Å². The van der Waals surface area contributed by atoms with E-state index in [2.05, 4.69) is 0 Å². The molecule has 0 amide bonds. The van der Waals surface area contributed by atoms with Crippen LogP contribution in [0.25, 0.3) is 0 Å². The van der Waals surface area contributed by atoms with Gasteiger partial charge in [0.1, 0.15) is 11.5 Å². The fourth-order valence-electron chi connectivity index (χ4n) is 1.94. The first kappa shape index (κ1) is 11.3. The Morgan fingerprint density at radius 3 is 2.75 bits per heavy atom. The van der Waals surface area contributed by atoms with Gasteiger partial charge in [-0.2, -0.15) is 0 Å². The highest BCUT2D eigenvalue weighted by molar-refractivity contribution is 5.36. The van der Waals surface area contributed by atoms with E-state index >= 15 is 0 Å². The van der Waals surface area contributed by atoms with Crippen molar-refractivity contribution >= 4 is 0 Å². The number of aryl methyl sites for hydroxylation is 1. The Hall–Kier alpha value is -1.22. The molecule has 1 aromatic carbocycles. The Kier molecular flexibility index (Phi) is 3.67. The van der Waals surface area contributed by atoms with Crippen molar-refractivity contribution in [2.45, 2.75) is 19.8 Å². The number of rotatable bonds is 3. The summed E-state index contributed by atoms with van der Waals surface area (Å²) in [4.78, 5) is 0. The molecule has 0 atom stereocenters. The largest absolute Gasteiger partial charge is 0.508 e. The van der Waals surface area contributed by atoms with E-state index in [1.807, 2.05) is 13.0 Å². The van der Waals surface area contributed by atoms with Crippen molar-refractivity contribution in [2.75, 3.05) is 19.8 Å². The SMILES string of the molecule is Cc1cc(O)cc(OCC2CCOCC2)c1. The smallest absolute Gasteiger partial charge is 0.123 e. The van der Waals surface area contributed by atoms with E-state index in [-0.39, 0.29) is 5.75 Å². The third-order valence-electron chi connectivity index (χ3n) is 2.86. The summed E-state index contributed by atoms with van der Waals surface area (Å²) in [5.41, 5.74) is 1.02. The molecule has 88 valence electrons. The van der Waals surface area contributed by atoms with Crippen LogP contribution in [0.3, 0.4) is 0 Å². The lowest BCUT2D eigenvalue weighted by Gasteiger charge is -2.22. The highest BCUT2D eigenvalue weighted by Gasteiger charge is 2.14. The summed E-state index contributed by atoms with van der Waals surface area (Å²) in [5, 5.41) is 9.43. The molecule has 0 radical (unpaired) electrons. The number of phenolic OH excluding ortho intramolecular Hbond substituents is 1. The van der Waals surface area contributed by atoms with Crippen LogP contribution in [-0.2, 0) is 4.74 Å². The molecule has 16 heavy (non-hydrogen) atoms. The summed E-state index contributed by atoms with van der Waals surface area (Å²) in [6.07, 6.45) is 2.13. The number of ether oxygens (including phenoxy) is 2. The molecule has 0 aromatic heterocycles. The Balaban J connectivity index is 1.88. The minimum absolute atomic E-state index is 0.266. The molecule has 3 heteroatoms. The second-order valence-electron chi connectivity index (χ2n) is 4.37. The number of hydrogen-bond acceptors (Lipinski definition) is 3. The molecule has 1 fully saturated rings. The summed E-state index contributed by atoms with van der Waals surface area (Å²) < 4.78 is 11.0. The summed E-state index contributed by atoms with van der Waals surface area (Å²) in [6.45, 7) is 4.34. The molecule has 1 aliphatic heterocycles. The molecule has 1 heterocycles. The molecule has 0 spiro atoms. The predicted octanol–water partition coefficient (Wildman–Crippen LogP) is 2.51. The first-order valence-electron chi connectivity index (χ1n) is 5.75. The third-order valence-corrected chi connectivity index (χ3v) is 2.86. The van der Waals surface area contributed by atoms with Crippen LogP contribution >= 0.6 is 0 Å². The zero-order valence-corrected chi connectivity index (χ0v) is 9.61. The Morgan fingerprint density at radius 2 is 2.06 bits per heavy atom. The van der Waals surface area contributed by atoms with Gasteiger partial charge in [0.15, 0.2) is 0 Å². The van der Waals surface area contributed by atoms with Crippen LogP contribution in [0.4, 0.5) is 0 Å². The predicted molar refractivity (Wildman–Crippen MR) is 61.9 cm³/mol. The van der Waals surface area contributed by atoms with Crippen LogP contribution in [0.15, 0.2) is 18.2 Å². The van der Waals surface area contributed by atoms with Crippen molar-refractivity contribution in [1.29, 1.82) is 0 Å². The van der Waals surface area contributed by atoms with E-state index in [1.54, 1.807) is 12.1 Å². The van der Waals surface area contributed by atoms with E-state index in [0.29, 0.717) is 12.5 Å². The van der Waals surface area contributed by atoms with Gasteiger partial charge < -0.3 is 14.6 Å². The zero-order chi connectivity index (χ0) is 11.4. The minimum atomic E-state index is 0.266. The second-order valence-corrected chi connectivity index (χ2v) is 4.37. The molecule has 1 N–H and O–H groups in total. The van der Waals surface area contributed by atoms with Crippen molar-refractivity contribution < 1.29 is 14.6 Å². The topological polar surface area (TPSA) is 38.7 Å². The number of hydrogen-bond donors (Lipinski definition) is 1. The molecule has 0 unspecified atom stereocenters. The van der Waals surface area contributed by atoms with Gasteiger partial charge in [-0.15, -0.1) is 0 Å². The van der Waals surface area contributed by atoms with Gasteiger partial charge in [-0.1, -0.05) is 0 Å². The van der Waals surface area contributed by atoms with Crippen molar-refractivity contribution in [2.24, 2.45) is 5.92 Å². The average molecular weight is 222 g/mol. The zero-order valence-electron chi connectivity index (χ0n) is 9.61. The molecule has 2 rings (SSSR count). The third kappa shape index (κ3) is 3.14. The van der Waals surface area contributed by atoms with Gasteiger partial charge in [0.05, 0.1) is 6.61 Å². The lowest BCUT2D eigenvalue weighted by molar-refractivity contribution is 0.0497. The number of aromatic hydroxyl groups is 1. The Labute approximate surface area is 96.0 Å². The van der Waals surface area contributed by atoms with Crippen LogP contribution in [0.1, 0.15) is 18.4 Å². The van der Waals surface area contributed by atoms with Crippen molar-refractivity contribution in [3.05, 3.63) is 23.8 Å². The number of benzene rings is 1. The molecular formula is C13H18O3. The first-order chi connectivity index (χ1) is 7.74. The van der Waals surface area contributed by atoms with Crippen LogP contribution in [0.5, 0.6) is 11.5 Å². The Morgan fingerprint density at radius 1 is 1.31 bits per heavy atom. The lowest BCUT2D eigenvalue weighted by Crippen LogP contribution is -2.21. The van der Waals surface area contributed by atoms with E-state index < -0.39 is 0 Å². The fraction of sp³-hybridized carbons (Fsp3) is 0.538. The fourth-order valence-corrected chi connectivity index (χ4v) is 1.94. The van der Waals surface area contributed by atoms with Crippen LogP contribution in [0, 0.1) is 12.8 Å². The number of phenols is 1. The van der Waals surface area contributed by atoms with E-state index in [9.17, 15) is 5.11 Å². The Bertz CT molecular complexity index is 323. The van der Waals surface area contributed by atoms with Crippen LogP contribution in [0.2, 0.25) is 0 Å². The monoisotopic (exact) mass is 222 g/mol. The second kappa shape index (κ2) is 5.21. The maximum Gasteiger partial charge on any atom is 0.123 e. The maximum absolute atomic E-state index is 9.43. The summed E-state index contributed by atoms with van der Waals surface area (Å²) in [7, 11) is 0. The van der Waals surface area contributed by atoms with Gasteiger partial charge in [-0.25, -0.2) is 0 Å². The standard InChI is InChI=1S/C13H18O3/c1-10-6-12(14)8-13(7-10)16-9-11-2-4-15-5-3-11/h6-8,11,14H,2-5,9H2,1H3. The average Bonchev–Trinajstić information content (AvgIpc) is 2.27. The molecule has 3 nitrogen and oxygen atoms in total. The molecule has 1 aliphatic rings. The maximum atomic E-state index is 9.43. The van der Waals surface area contributed by atoms with E-state index in [0.717, 1.165) is 37.4 Å². The van der Waals surface area contributed by atoms with Gasteiger partial charge in [-0.05, 0) is 43.4 Å². The van der Waals surface area contributed by atoms with Crippen molar-refractivity contribution in [3.63, 3.8) is 0 Å². The van der Waals surface area contributed by atoms with Crippen molar-refractivity contribution in [3.8, 4) is 11.5 Å². The van der Waals surface area contributed by atoms with Crippen molar-refractivity contribution in [1.82, 2.24) is 0 Å². The van der Waals surface area contributed by atoms with Crippen LogP contribution < -0.4 is 4.74 Å². The highest BCUT2D eigenvalue weighted by atomic mass is 16.5. The van der Waals surface area contributed by atoms with Gasteiger partial charge in [0, 0.05) is 19.3 Å². The molecule has 0 bridgehead atoms. The van der Waals surface area contributed by atoms with Gasteiger partial charge >= 0.3 is 0 Å². The molecule has 0 saturated carbocycles.